The third kappa shape index (κ3) is 3.38. The number of nitro benzene ring substituents is 2. The minimum Gasteiger partial charge on any atom is -0.493 e. The van der Waals surface area contributed by atoms with Crippen molar-refractivity contribution in [3.63, 3.8) is 0 Å². The Labute approximate surface area is 95.7 Å². The zero-order valence-corrected chi connectivity index (χ0v) is 8.74. The van der Waals surface area contributed by atoms with Crippen LogP contribution in [0.15, 0.2) is 18.2 Å². The topological polar surface area (TPSA) is 116 Å². The molecule has 0 bridgehead atoms. The molecule has 1 aromatic carbocycles. The molecule has 0 amide bonds. The summed E-state index contributed by atoms with van der Waals surface area (Å²) >= 11 is 0. The zero-order valence-electron chi connectivity index (χ0n) is 8.74. The fourth-order valence-corrected chi connectivity index (χ4v) is 1.15. The number of hydrogen-bond donors (Lipinski definition) is 1. The van der Waals surface area contributed by atoms with E-state index in [2.05, 4.69) is 0 Å². The molecule has 0 aliphatic rings. The summed E-state index contributed by atoms with van der Waals surface area (Å²) in [7, 11) is 0. The van der Waals surface area contributed by atoms with Gasteiger partial charge in [-0.25, -0.2) is 0 Å². The van der Waals surface area contributed by atoms with Gasteiger partial charge in [-0.3, -0.25) is 20.2 Å². The lowest BCUT2D eigenvalue weighted by atomic mass is 10.2. The molecule has 0 aromatic heterocycles. The van der Waals surface area contributed by atoms with E-state index in [1.54, 1.807) is 0 Å². The van der Waals surface area contributed by atoms with Crippen LogP contribution in [0.2, 0.25) is 0 Å². The number of aliphatic hydroxyl groups is 1. The number of aliphatic hydroxyl groups excluding tert-OH is 1. The third-order valence-corrected chi connectivity index (χ3v) is 1.91. The van der Waals surface area contributed by atoms with Gasteiger partial charge in [-0.15, -0.1) is 0 Å². The van der Waals surface area contributed by atoms with Crippen LogP contribution in [0.1, 0.15) is 6.42 Å². The Bertz CT molecular complexity index is 433. The second-order valence-corrected chi connectivity index (χ2v) is 3.09. The lowest BCUT2D eigenvalue weighted by Crippen LogP contribution is -2.01. The lowest BCUT2D eigenvalue weighted by Gasteiger charge is -2.04. The molecule has 0 saturated carbocycles. The van der Waals surface area contributed by atoms with Crippen molar-refractivity contribution in [3.05, 3.63) is 38.4 Å². The van der Waals surface area contributed by atoms with E-state index in [9.17, 15) is 20.2 Å². The van der Waals surface area contributed by atoms with Gasteiger partial charge in [-0.05, 0) is 6.07 Å². The highest BCUT2D eigenvalue weighted by Crippen LogP contribution is 2.30. The van der Waals surface area contributed by atoms with Crippen molar-refractivity contribution < 1.29 is 19.7 Å². The quantitative estimate of drug-likeness (QED) is 0.456. The van der Waals surface area contributed by atoms with Gasteiger partial charge in [0.15, 0.2) is 0 Å². The minimum atomic E-state index is -0.836. The fraction of sp³-hybridized carbons (Fsp3) is 0.333. The normalized spacial score (nSPS) is 9.94. The first-order chi connectivity index (χ1) is 8.06. The summed E-state index contributed by atoms with van der Waals surface area (Å²) < 4.78 is 5.08. The maximum absolute atomic E-state index is 10.6. The van der Waals surface area contributed by atoms with Gasteiger partial charge in [-0.2, -0.15) is 0 Å². The van der Waals surface area contributed by atoms with Gasteiger partial charge in [-0.1, -0.05) is 0 Å². The molecule has 1 N–H and O–H groups in total. The number of ether oxygens (including phenoxy) is 1. The van der Waals surface area contributed by atoms with Crippen LogP contribution in [0.5, 0.6) is 5.75 Å². The van der Waals surface area contributed by atoms with Crippen molar-refractivity contribution in [3.8, 4) is 5.75 Å². The van der Waals surface area contributed by atoms with Crippen LogP contribution >= 0.6 is 0 Å². The molecule has 0 heterocycles. The van der Waals surface area contributed by atoms with Crippen molar-refractivity contribution in [2.45, 2.75) is 6.42 Å². The van der Waals surface area contributed by atoms with Crippen LogP contribution in [0.25, 0.3) is 0 Å². The number of nitro groups is 2. The summed E-state index contributed by atoms with van der Waals surface area (Å²) in [6.07, 6.45) is 0.380. The molecule has 0 saturated heterocycles. The molecule has 0 fully saturated rings. The lowest BCUT2D eigenvalue weighted by molar-refractivity contribution is -0.422. The molecule has 17 heavy (non-hydrogen) atoms. The molecule has 0 spiro atoms. The number of nitrogens with zero attached hydrogens (tertiary/aromatic N) is 2. The van der Waals surface area contributed by atoms with E-state index in [-0.39, 0.29) is 19.0 Å². The van der Waals surface area contributed by atoms with Crippen LogP contribution in [0.3, 0.4) is 0 Å². The zero-order chi connectivity index (χ0) is 12.8. The van der Waals surface area contributed by atoms with Gasteiger partial charge in [0.25, 0.3) is 0 Å². The molecule has 0 radical (unpaired) electrons. The Morgan fingerprint density at radius 1 is 1.18 bits per heavy atom. The second-order valence-electron chi connectivity index (χ2n) is 3.09. The Kier molecular flexibility index (Phi) is 4.35. The maximum atomic E-state index is 10.6. The van der Waals surface area contributed by atoms with Crippen LogP contribution in [-0.2, 0) is 0 Å². The predicted octanol–water partition coefficient (Wildman–Crippen LogP) is 1.26. The standard InChI is InChI=1S/C9H10N2O6/c12-4-1-5-17-7-2-3-8(10(13)14)9(6-7)11(15)16/h2-3,6,12H,1,4-5H2. The number of benzene rings is 1. The molecule has 1 aromatic rings. The predicted molar refractivity (Wildman–Crippen MR) is 56.9 cm³/mol. The van der Waals surface area contributed by atoms with E-state index >= 15 is 0 Å². The van der Waals surface area contributed by atoms with Crippen LogP contribution < -0.4 is 4.74 Å². The van der Waals surface area contributed by atoms with Crippen molar-refractivity contribution in [1.82, 2.24) is 0 Å². The molecule has 8 nitrogen and oxygen atoms in total. The van der Waals surface area contributed by atoms with E-state index in [4.69, 9.17) is 9.84 Å². The van der Waals surface area contributed by atoms with Gasteiger partial charge < -0.3 is 9.84 Å². The molecule has 1 rings (SSSR count). The van der Waals surface area contributed by atoms with E-state index < -0.39 is 21.2 Å². The average molecular weight is 242 g/mol. The van der Waals surface area contributed by atoms with Crippen LogP contribution in [0, 0.1) is 20.2 Å². The summed E-state index contributed by atoms with van der Waals surface area (Å²) in [5.41, 5.74) is -1.19. The monoisotopic (exact) mass is 242 g/mol. The van der Waals surface area contributed by atoms with E-state index in [1.807, 2.05) is 0 Å². The third-order valence-electron chi connectivity index (χ3n) is 1.91. The van der Waals surface area contributed by atoms with Gasteiger partial charge in [0.05, 0.1) is 22.5 Å². The molecule has 0 aliphatic heterocycles. The van der Waals surface area contributed by atoms with Crippen LogP contribution in [-0.4, -0.2) is 28.2 Å². The molecular formula is C9H10N2O6. The SMILES string of the molecule is O=[N+]([O-])c1ccc(OCCCO)cc1[N+](=O)[O-]. The fourth-order valence-electron chi connectivity index (χ4n) is 1.15. The summed E-state index contributed by atoms with van der Waals surface area (Å²) in [5.74, 6) is 0.163. The summed E-state index contributed by atoms with van der Waals surface area (Å²) in [5, 5.41) is 29.7. The highest BCUT2D eigenvalue weighted by atomic mass is 16.6. The number of rotatable bonds is 6. The van der Waals surface area contributed by atoms with Crippen molar-refractivity contribution in [1.29, 1.82) is 0 Å². The van der Waals surface area contributed by atoms with Gasteiger partial charge in [0, 0.05) is 19.1 Å². The Morgan fingerprint density at radius 2 is 1.82 bits per heavy atom. The first-order valence-corrected chi connectivity index (χ1v) is 4.72. The van der Waals surface area contributed by atoms with E-state index in [0.29, 0.717) is 6.42 Å². The summed E-state index contributed by atoms with van der Waals surface area (Å²) in [4.78, 5) is 19.5. The van der Waals surface area contributed by atoms with Crippen molar-refractivity contribution in [2.24, 2.45) is 0 Å². The first kappa shape index (κ1) is 12.8. The molecular weight excluding hydrogens is 232 g/mol. The highest BCUT2D eigenvalue weighted by Gasteiger charge is 2.24. The Hall–Kier alpha value is -2.22. The van der Waals surface area contributed by atoms with Gasteiger partial charge >= 0.3 is 11.4 Å². The molecule has 0 atom stereocenters. The Balaban J connectivity index is 2.94. The smallest absolute Gasteiger partial charge is 0.349 e. The maximum Gasteiger partial charge on any atom is 0.349 e. The minimum absolute atomic E-state index is 0.0604. The molecule has 8 heteroatoms. The second kappa shape index (κ2) is 5.75. The molecule has 0 unspecified atom stereocenters. The largest absolute Gasteiger partial charge is 0.493 e. The first-order valence-electron chi connectivity index (χ1n) is 4.72. The molecule has 0 aliphatic carbocycles. The average Bonchev–Trinajstić information content (AvgIpc) is 2.29. The van der Waals surface area contributed by atoms with Crippen molar-refractivity contribution in [2.75, 3.05) is 13.2 Å². The van der Waals surface area contributed by atoms with Crippen LogP contribution in [0.4, 0.5) is 11.4 Å². The van der Waals surface area contributed by atoms with E-state index in [1.165, 1.54) is 6.07 Å². The molecule has 92 valence electrons. The van der Waals surface area contributed by atoms with E-state index in [0.717, 1.165) is 12.1 Å². The Morgan fingerprint density at radius 3 is 2.35 bits per heavy atom. The van der Waals surface area contributed by atoms with Gasteiger partial charge in [0.1, 0.15) is 5.75 Å². The summed E-state index contributed by atoms with van der Waals surface area (Å²) in [6, 6.07) is 3.30. The number of hydrogen-bond acceptors (Lipinski definition) is 6. The van der Waals surface area contributed by atoms with Gasteiger partial charge in [0.2, 0.25) is 0 Å². The summed E-state index contributed by atoms with van der Waals surface area (Å²) in [6.45, 7) is 0.126. The highest BCUT2D eigenvalue weighted by molar-refractivity contribution is 5.55. The van der Waals surface area contributed by atoms with Crippen molar-refractivity contribution >= 4 is 11.4 Å².